The first kappa shape index (κ1) is 12.7. The molecule has 2 rings (SSSR count). The van der Waals surface area contributed by atoms with E-state index in [4.69, 9.17) is 11.6 Å². The molecule has 2 aromatic rings. The van der Waals surface area contributed by atoms with Crippen molar-refractivity contribution in [2.45, 2.75) is 20.0 Å². The maximum Gasteiger partial charge on any atom is 0.203 e. The Balaban J connectivity index is 2.05. The molecule has 0 bridgehead atoms. The number of hydrogen-bond acceptors (Lipinski definition) is 2. The van der Waals surface area contributed by atoms with Crippen LogP contribution in [0.4, 0.5) is 5.95 Å². The van der Waals surface area contributed by atoms with E-state index in [1.54, 1.807) is 0 Å². The Labute approximate surface area is 112 Å². The van der Waals surface area contributed by atoms with Crippen LogP contribution in [0.15, 0.2) is 43.1 Å². The highest BCUT2D eigenvalue weighted by molar-refractivity contribution is 6.30. The highest BCUT2D eigenvalue weighted by Crippen LogP contribution is 2.13. The molecule has 0 radical (unpaired) electrons. The molecule has 0 aliphatic heterocycles. The van der Waals surface area contributed by atoms with E-state index in [2.05, 4.69) is 16.9 Å². The van der Waals surface area contributed by atoms with Crippen LogP contribution in [0, 0.1) is 6.92 Å². The van der Waals surface area contributed by atoms with Crippen molar-refractivity contribution in [3.8, 4) is 0 Å². The predicted octanol–water partition coefficient (Wildman–Crippen LogP) is 3.64. The number of imidazole rings is 1. The largest absolute Gasteiger partial charge is 0.352 e. The van der Waals surface area contributed by atoms with Gasteiger partial charge >= 0.3 is 0 Å². The maximum atomic E-state index is 5.85. The van der Waals surface area contributed by atoms with Gasteiger partial charge in [0, 0.05) is 24.3 Å². The van der Waals surface area contributed by atoms with Crippen LogP contribution >= 0.6 is 11.6 Å². The number of benzene rings is 1. The first-order valence-corrected chi connectivity index (χ1v) is 6.20. The number of rotatable bonds is 5. The molecule has 0 fully saturated rings. The Kier molecular flexibility index (Phi) is 4.05. The Morgan fingerprint density at radius 2 is 2.11 bits per heavy atom. The van der Waals surface area contributed by atoms with Gasteiger partial charge in [-0.3, -0.25) is 0 Å². The molecule has 0 atom stereocenters. The number of nitrogens with one attached hydrogen (secondary N) is 1. The first-order chi connectivity index (χ1) is 8.69. The number of aryl methyl sites for hydroxylation is 1. The van der Waals surface area contributed by atoms with Gasteiger partial charge in [-0.1, -0.05) is 29.8 Å². The Bertz CT molecular complexity index is 528. The van der Waals surface area contributed by atoms with Crippen LogP contribution in [0.1, 0.15) is 11.3 Å². The number of nitrogens with zero attached hydrogens (tertiary/aromatic N) is 2. The maximum absolute atomic E-state index is 5.85. The minimum Gasteiger partial charge on any atom is -0.352 e. The van der Waals surface area contributed by atoms with Crippen molar-refractivity contribution in [3.63, 3.8) is 0 Å². The zero-order valence-electron chi connectivity index (χ0n) is 10.4. The lowest BCUT2D eigenvalue weighted by atomic mass is 10.2. The summed E-state index contributed by atoms with van der Waals surface area (Å²) in [5, 5.41) is 4.07. The van der Waals surface area contributed by atoms with Crippen LogP contribution in [-0.4, -0.2) is 9.55 Å². The Morgan fingerprint density at radius 3 is 2.78 bits per heavy atom. The SMILES string of the molecule is C=CCn1cc(C)nc1NCc1ccc(Cl)cc1. The molecular weight excluding hydrogens is 246 g/mol. The summed E-state index contributed by atoms with van der Waals surface area (Å²) in [4.78, 5) is 4.44. The van der Waals surface area contributed by atoms with Crippen molar-refractivity contribution in [3.05, 3.63) is 59.4 Å². The van der Waals surface area contributed by atoms with Gasteiger partial charge in [0.25, 0.3) is 0 Å². The fraction of sp³-hybridized carbons (Fsp3) is 0.214. The molecule has 0 unspecified atom stereocenters. The van der Waals surface area contributed by atoms with Gasteiger partial charge < -0.3 is 9.88 Å². The fourth-order valence-corrected chi connectivity index (χ4v) is 1.88. The lowest BCUT2D eigenvalue weighted by molar-refractivity contribution is 0.819. The molecule has 0 saturated carbocycles. The van der Waals surface area contributed by atoms with E-state index in [-0.39, 0.29) is 0 Å². The average molecular weight is 262 g/mol. The average Bonchev–Trinajstić information content (AvgIpc) is 2.70. The van der Waals surface area contributed by atoms with Crippen LogP contribution < -0.4 is 5.32 Å². The second kappa shape index (κ2) is 5.74. The quantitative estimate of drug-likeness (QED) is 0.833. The molecule has 1 heterocycles. The summed E-state index contributed by atoms with van der Waals surface area (Å²) in [5.74, 6) is 0.863. The minimum absolute atomic E-state index is 0.727. The third kappa shape index (κ3) is 3.14. The summed E-state index contributed by atoms with van der Waals surface area (Å²) in [6, 6.07) is 7.78. The first-order valence-electron chi connectivity index (χ1n) is 5.82. The van der Waals surface area contributed by atoms with E-state index >= 15 is 0 Å². The lowest BCUT2D eigenvalue weighted by Crippen LogP contribution is -2.06. The molecule has 18 heavy (non-hydrogen) atoms. The zero-order chi connectivity index (χ0) is 13.0. The number of hydrogen-bond donors (Lipinski definition) is 1. The smallest absolute Gasteiger partial charge is 0.203 e. The van der Waals surface area contributed by atoms with E-state index in [1.807, 2.05) is 48.0 Å². The van der Waals surface area contributed by atoms with Crippen molar-refractivity contribution in [1.29, 1.82) is 0 Å². The van der Waals surface area contributed by atoms with E-state index in [0.717, 1.165) is 29.8 Å². The van der Waals surface area contributed by atoms with Gasteiger partial charge in [0.15, 0.2) is 0 Å². The van der Waals surface area contributed by atoms with Crippen molar-refractivity contribution in [2.75, 3.05) is 5.32 Å². The van der Waals surface area contributed by atoms with Crippen molar-refractivity contribution < 1.29 is 0 Å². The molecule has 0 aliphatic carbocycles. The minimum atomic E-state index is 0.727. The number of anilines is 1. The molecule has 0 saturated heterocycles. The summed E-state index contributed by atoms with van der Waals surface area (Å²) in [5.41, 5.74) is 2.17. The van der Waals surface area contributed by atoms with Crippen LogP contribution in [-0.2, 0) is 13.1 Å². The third-order valence-corrected chi connectivity index (χ3v) is 2.84. The Hall–Kier alpha value is -1.74. The van der Waals surface area contributed by atoms with Gasteiger partial charge in [-0.05, 0) is 24.6 Å². The molecule has 94 valence electrons. The molecule has 0 amide bonds. The summed E-state index contributed by atoms with van der Waals surface area (Å²) < 4.78 is 2.04. The van der Waals surface area contributed by atoms with Gasteiger partial charge in [-0.2, -0.15) is 0 Å². The molecule has 3 nitrogen and oxygen atoms in total. The second-order valence-electron chi connectivity index (χ2n) is 4.13. The van der Waals surface area contributed by atoms with Crippen LogP contribution in [0.3, 0.4) is 0 Å². The number of halogens is 1. The highest BCUT2D eigenvalue weighted by atomic mass is 35.5. The highest BCUT2D eigenvalue weighted by Gasteiger charge is 2.03. The molecule has 1 N–H and O–H groups in total. The molecule has 1 aromatic carbocycles. The topological polar surface area (TPSA) is 29.9 Å². The number of allylic oxidation sites excluding steroid dienone is 1. The van der Waals surface area contributed by atoms with Crippen molar-refractivity contribution >= 4 is 17.5 Å². The molecular formula is C14H16ClN3. The monoisotopic (exact) mass is 261 g/mol. The van der Waals surface area contributed by atoms with Gasteiger partial charge in [-0.15, -0.1) is 6.58 Å². The number of aromatic nitrogens is 2. The van der Waals surface area contributed by atoms with Crippen molar-refractivity contribution in [1.82, 2.24) is 9.55 Å². The van der Waals surface area contributed by atoms with E-state index in [1.165, 1.54) is 5.56 Å². The normalized spacial score (nSPS) is 10.3. The second-order valence-corrected chi connectivity index (χ2v) is 4.56. The molecule has 4 heteroatoms. The van der Waals surface area contributed by atoms with Crippen LogP contribution in [0.25, 0.3) is 0 Å². The lowest BCUT2D eigenvalue weighted by Gasteiger charge is -2.08. The van der Waals surface area contributed by atoms with Crippen LogP contribution in [0.5, 0.6) is 0 Å². The predicted molar refractivity (Wildman–Crippen MR) is 75.9 cm³/mol. The van der Waals surface area contributed by atoms with E-state index in [9.17, 15) is 0 Å². The summed E-state index contributed by atoms with van der Waals surface area (Å²) in [6.45, 7) is 7.20. The summed E-state index contributed by atoms with van der Waals surface area (Å²) in [6.07, 6.45) is 3.86. The van der Waals surface area contributed by atoms with E-state index < -0.39 is 0 Å². The molecule has 1 aromatic heterocycles. The fourth-order valence-electron chi connectivity index (χ4n) is 1.75. The Morgan fingerprint density at radius 1 is 1.39 bits per heavy atom. The zero-order valence-corrected chi connectivity index (χ0v) is 11.1. The van der Waals surface area contributed by atoms with Gasteiger partial charge in [0.2, 0.25) is 5.95 Å². The summed E-state index contributed by atoms with van der Waals surface area (Å²) >= 11 is 5.85. The summed E-state index contributed by atoms with van der Waals surface area (Å²) in [7, 11) is 0. The molecule has 0 spiro atoms. The van der Waals surface area contributed by atoms with Crippen molar-refractivity contribution in [2.24, 2.45) is 0 Å². The van der Waals surface area contributed by atoms with Gasteiger partial charge in [0.05, 0.1) is 5.69 Å². The van der Waals surface area contributed by atoms with Gasteiger partial charge in [0.1, 0.15) is 0 Å². The van der Waals surface area contributed by atoms with Crippen LogP contribution in [0.2, 0.25) is 5.02 Å². The molecule has 0 aliphatic rings. The van der Waals surface area contributed by atoms with Gasteiger partial charge in [-0.25, -0.2) is 4.98 Å². The van der Waals surface area contributed by atoms with E-state index in [0.29, 0.717) is 0 Å². The third-order valence-electron chi connectivity index (χ3n) is 2.59. The standard InChI is InChI=1S/C14H16ClN3/c1-3-8-18-10-11(2)17-14(18)16-9-12-4-6-13(15)7-5-12/h3-7,10H,1,8-9H2,2H3,(H,16,17).